The van der Waals surface area contributed by atoms with Crippen molar-refractivity contribution in [2.45, 2.75) is 19.9 Å². The molecule has 1 aliphatic heterocycles. The number of carbonyl (C=O) groups is 3. The molecular formula is C24H20N2O5S2. The van der Waals surface area contributed by atoms with Gasteiger partial charge in [0.25, 0.3) is 5.78 Å². The molecule has 0 saturated carbocycles. The summed E-state index contributed by atoms with van der Waals surface area (Å²) in [7, 11) is 0. The van der Waals surface area contributed by atoms with E-state index < -0.39 is 23.7 Å². The summed E-state index contributed by atoms with van der Waals surface area (Å²) in [5.74, 6) is -2.47. The second-order valence-corrected chi connectivity index (χ2v) is 9.31. The van der Waals surface area contributed by atoms with Crippen LogP contribution < -0.4 is 4.90 Å². The van der Waals surface area contributed by atoms with Crippen molar-refractivity contribution in [3.05, 3.63) is 86.6 Å². The van der Waals surface area contributed by atoms with E-state index in [2.05, 4.69) is 11.6 Å². The largest absolute Gasteiger partial charge is 0.507 e. The first-order chi connectivity index (χ1) is 15.8. The van der Waals surface area contributed by atoms with Gasteiger partial charge in [0, 0.05) is 10.4 Å². The van der Waals surface area contributed by atoms with Crippen LogP contribution in [0.5, 0.6) is 0 Å². The smallest absolute Gasteiger partial charge is 0.350 e. The molecule has 1 atom stereocenters. The van der Waals surface area contributed by atoms with Gasteiger partial charge >= 0.3 is 11.9 Å². The number of rotatable bonds is 6. The number of aryl methyl sites for hydroxylation is 2. The Balaban J connectivity index is 1.84. The molecule has 0 radical (unpaired) electrons. The molecule has 0 bridgehead atoms. The lowest BCUT2D eigenvalue weighted by Crippen LogP contribution is -2.29. The molecule has 1 fully saturated rings. The summed E-state index contributed by atoms with van der Waals surface area (Å²) >= 11 is 2.32. The van der Waals surface area contributed by atoms with E-state index in [1.807, 2.05) is 24.4 Å². The molecule has 33 heavy (non-hydrogen) atoms. The highest BCUT2D eigenvalue weighted by Gasteiger charge is 2.48. The van der Waals surface area contributed by atoms with Crippen molar-refractivity contribution in [3.8, 4) is 0 Å². The van der Waals surface area contributed by atoms with Crippen LogP contribution in [0.25, 0.3) is 5.76 Å². The standard InChI is InChI=1S/C24H20N2O5S2/c1-4-11-31-23(30)21-14(3)25-24(33-21)26-18(16-6-5-12-32-16)17(20(28)22(26)29)19(27)15-9-7-13(2)8-10-15/h4-10,12,18,27H,1,11H2,2-3H3. The Bertz CT molecular complexity index is 1270. The van der Waals surface area contributed by atoms with Gasteiger partial charge in [-0.1, -0.05) is 59.9 Å². The monoisotopic (exact) mass is 480 g/mol. The number of ether oxygens (including phenoxy) is 1. The Labute approximate surface area is 198 Å². The zero-order valence-electron chi connectivity index (χ0n) is 17.9. The van der Waals surface area contributed by atoms with Crippen LogP contribution in [-0.2, 0) is 14.3 Å². The van der Waals surface area contributed by atoms with E-state index in [-0.39, 0.29) is 27.9 Å². The number of anilines is 1. The van der Waals surface area contributed by atoms with Crippen LogP contribution in [0.4, 0.5) is 5.13 Å². The molecular weight excluding hydrogens is 460 g/mol. The molecule has 1 unspecified atom stereocenters. The first-order valence-electron chi connectivity index (χ1n) is 10.0. The Morgan fingerprint density at radius 1 is 1.24 bits per heavy atom. The highest BCUT2D eigenvalue weighted by Crippen LogP contribution is 2.45. The molecule has 3 aromatic rings. The number of Topliss-reactive ketones (excluding diaryl/α,β-unsaturated/α-hetero) is 1. The molecule has 9 heteroatoms. The molecule has 0 aliphatic carbocycles. The number of thiophene rings is 1. The number of aliphatic hydroxyl groups is 1. The Morgan fingerprint density at radius 3 is 2.61 bits per heavy atom. The van der Waals surface area contributed by atoms with E-state index >= 15 is 0 Å². The Morgan fingerprint density at radius 2 is 1.97 bits per heavy atom. The third-order valence-electron chi connectivity index (χ3n) is 5.09. The molecule has 1 amide bonds. The molecule has 1 aromatic carbocycles. The molecule has 1 N–H and O–H groups in total. The number of hydrogen-bond donors (Lipinski definition) is 1. The molecule has 3 heterocycles. The molecule has 2 aromatic heterocycles. The zero-order valence-corrected chi connectivity index (χ0v) is 19.5. The third-order valence-corrected chi connectivity index (χ3v) is 7.15. The third kappa shape index (κ3) is 4.12. The second kappa shape index (κ2) is 9.13. The van der Waals surface area contributed by atoms with Crippen LogP contribution in [0.1, 0.15) is 37.4 Å². The van der Waals surface area contributed by atoms with Crippen molar-refractivity contribution in [3.63, 3.8) is 0 Å². The fraction of sp³-hybridized carbons (Fsp3) is 0.167. The summed E-state index contributed by atoms with van der Waals surface area (Å²) in [6, 6.07) is 9.75. The number of thiazole rings is 1. The number of aliphatic hydroxyl groups excluding tert-OH is 1. The van der Waals surface area contributed by atoms with Gasteiger partial charge in [0.2, 0.25) is 0 Å². The van der Waals surface area contributed by atoms with E-state index in [1.165, 1.54) is 22.3 Å². The van der Waals surface area contributed by atoms with Crippen LogP contribution >= 0.6 is 22.7 Å². The topological polar surface area (TPSA) is 96.8 Å². The summed E-state index contributed by atoms with van der Waals surface area (Å²) in [5, 5.41) is 13.1. The average Bonchev–Trinajstić information content (AvgIpc) is 3.51. The lowest BCUT2D eigenvalue weighted by Gasteiger charge is -2.21. The highest BCUT2D eigenvalue weighted by molar-refractivity contribution is 7.18. The van der Waals surface area contributed by atoms with Crippen molar-refractivity contribution < 1.29 is 24.2 Å². The zero-order chi connectivity index (χ0) is 23.7. The summed E-state index contributed by atoms with van der Waals surface area (Å²) in [6.45, 7) is 7.11. The summed E-state index contributed by atoms with van der Waals surface area (Å²) in [4.78, 5) is 45.2. The van der Waals surface area contributed by atoms with Crippen molar-refractivity contribution in [1.29, 1.82) is 0 Å². The fourth-order valence-corrected chi connectivity index (χ4v) is 5.30. The second-order valence-electron chi connectivity index (χ2n) is 7.35. The van der Waals surface area contributed by atoms with E-state index in [0.717, 1.165) is 16.9 Å². The fourth-order valence-electron chi connectivity index (χ4n) is 3.49. The average molecular weight is 481 g/mol. The number of nitrogens with zero attached hydrogens (tertiary/aromatic N) is 2. The van der Waals surface area contributed by atoms with Gasteiger partial charge in [0.15, 0.2) is 5.13 Å². The number of ketones is 1. The number of amides is 1. The predicted octanol–water partition coefficient (Wildman–Crippen LogP) is 4.79. The van der Waals surface area contributed by atoms with E-state index in [1.54, 1.807) is 31.2 Å². The van der Waals surface area contributed by atoms with Gasteiger partial charge in [-0.15, -0.1) is 11.3 Å². The predicted molar refractivity (Wildman–Crippen MR) is 128 cm³/mol. The molecule has 7 nitrogen and oxygen atoms in total. The van der Waals surface area contributed by atoms with Gasteiger partial charge in [-0.2, -0.15) is 0 Å². The van der Waals surface area contributed by atoms with Crippen LogP contribution in [-0.4, -0.2) is 34.4 Å². The van der Waals surface area contributed by atoms with E-state index in [9.17, 15) is 19.5 Å². The van der Waals surface area contributed by atoms with Crippen LogP contribution in [0.15, 0.2) is 60.0 Å². The summed E-state index contributed by atoms with van der Waals surface area (Å²) in [6.07, 6.45) is 1.45. The molecule has 1 saturated heterocycles. The van der Waals surface area contributed by atoms with Gasteiger partial charge in [0.1, 0.15) is 23.3 Å². The summed E-state index contributed by atoms with van der Waals surface area (Å²) < 4.78 is 5.10. The Hall–Kier alpha value is -3.56. The molecule has 0 spiro atoms. The lowest BCUT2D eigenvalue weighted by atomic mass is 9.99. The van der Waals surface area contributed by atoms with Gasteiger partial charge in [-0.05, 0) is 25.3 Å². The first-order valence-corrected chi connectivity index (χ1v) is 11.7. The van der Waals surface area contributed by atoms with Crippen LogP contribution in [0.2, 0.25) is 0 Å². The number of aromatic nitrogens is 1. The van der Waals surface area contributed by atoms with Gasteiger partial charge in [-0.25, -0.2) is 9.78 Å². The van der Waals surface area contributed by atoms with Gasteiger partial charge < -0.3 is 9.84 Å². The summed E-state index contributed by atoms with van der Waals surface area (Å²) in [5.41, 5.74) is 1.80. The maximum Gasteiger partial charge on any atom is 0.350 e. The van der Waals surface area contributed by atoms with Crippen molar-refractivity contribution in [2.24, 2.45) is 0 Å². The number of carbonyl (C=O) groups excluding carboxylic acids is 3. The van der Waals surface area contributed by atoms with Crippen molar-refractivity contribution in [2.75, 3.05) is 11.5 Å². The van der Waals surface area contributed by atoms with Crippen LogP contribution in [0, 0.1) is 13.8 Å². The first kappa shape index (κ1) is 22.6. The minimum absolute atomic E-state index is 0.0186. The number of esters is 1. The lowest BCUT2D eigenvalue weighted by molar-refractivity contribution is -0.132. The quantitative estimate of drug-likeness (QED) is 0.179. The van der Waals surface area contributed by atoms with E-state index in [4.69, 9.17) is 4.74 Å². The maximum absolute atomic E-state index is 13.1. The molecule has 1 aliphatic rings. The van der Waals surface area contributed by atoms with Crippen LogP contribution in [0.3, 0.4) is 0 Å². The highest BCUT2D eigenvalue weighted by atomic mass is 32.1. The SMILES string of the molecule is C=CCOC(=O)c1sc(N2C(=O)C(=O)C(=C(O)c3ccc(C)cc3)C2c2cccs2)nc1C. The molecule has 168 valence electrons. The number of benzene rings is 1. The van der Waals surface area contributed by atoms with Gasteiger partial charge in [-0.3, -0.25) is 14.5 Å². The molecule has 4 rings (SSSR count). The number of hydrogen-bond acceptors (Lipinski definition) is 8. The van der Waals surface area contributed by atoms with Crippen molar-refractivity contribution in [1.82, 2.24) is 4.98 Å². The van der Waals surface area contributed by atoms with Gasteiger partial charge in [0.05, 0.1) is 11.3 Å². The van der Waals surface area contributed by atoms with Crippen molar-refractivity contribution >= 4 is 51.2 Å². The minimum Gasteiger partial charge on any atom is -0.507 e. The maximum atomic E-state index is 13.1. The Kier molecular flexibility index (Phi) is 6.26. The minimum atomic E-state index is -0.867. The normalized spacial score (nSPS) is 17.4. The van der Waals surface area contributed by atoms with E-state index in [0.29, 0.717) is 16.1 Å².